The average molecular weight is 305 g/mol. The van der Waals surface area contributed by atoms with Gasteiger partial charge >= 0.3 is 0 Å². The molecule has 1 aromatic carbocycles. The van der Waals surface area contributed by atoms with Gasteiger partial charge in [0, 0.05) is 5.92 Å². The lowest BCUT2D eigenvalue weighted by Crippen LogP contribution is -2.07. The first-order valence-electron chi connectivity index (χ1n) is 9.12. The Morgan fingerprint density at radius 1 is 0.913 bits per heavy atom. The molecule has 0 nitrogen and oxygen atoms in total. The standard InChI is InChI=1S/C23H29/c1-6-7-8-11-19-14-22(21-13-10-9-12-20(19)21)23-17(4)15(2)16(3)18(23)5/h9-10,12-14,17H,6-8,11H2,1-5H3. The summed E-state index contributed by atoms with van der Waals surface area (Å²) < 4.78 is 0. The lowest BCUT2D eigenvalue weighted by Gasteiger charge is -2.19. The third kappa shape index (κ3) is 2.73. The molecule has 2 aliphatic rings. The predicted octanol–water partition coefficient (Wildman–Crippen LogP) is 6.89. The van der Waals surface area contributed by atoms with Crippen LogP contribution in [-0.2, 0) is 0 Å². The third-order valence-corrected chi connectivity index (χ3v) is 5.86. The van der Waals surface area contributed by atoms with Crippen molar-refractivity contribution in [1.29, 1.82) is 0 Å². The Labute approximate surface area is 142 Å². The van der Waals surface area contributed by atoms with Gasteiger partial charge in [-0.15, -0.1) is 0 Å². The molecule has 1 unspecified atom stereocenters. The molecular formula is C23H29. The Balaban J connectivity index is 1.98. The van der Waals surface area contributed by atoms with Gasteiger partial charge in [0.05, 0.1) is 5.92 Å². The molecule has 3 rings (SSSR count). The van der Waals surface area contributed by atoms with Gasteiger partial charge in [-0.05, 0) is 67.0 Å². The highest BCUT2D eigenvalue weighted by atomic mass is 14.4. The number of hydrogen-bond donors (Lipinski definition) is 0. The molecule has 0 heteroatoms. The summed E-state index contributed by atoms with van der Waals surface area (Å²) in [6.45, 7) is 11.5. The molecule has 0 saturated heterocycles. The van der Waals surface area contributed by atoms with Crippen LogP contribution in [0.2, 0.25) is 0 Å². The molecule has 1 radical (unpaired) electrons. The Morgan fingerprint density at radius 2 is 1.61 bits per heavy atom. The monoisotopic (exact) mass is 305 g/mol. The molecule has 0 bridgehead atoms. The van der Waals surface area contributed by atoms with E-state index in [-0.39, 0.29) is 0 Å². The molecule has 0 fully saturated rings. The summed E-state index contributed by atoms with van der Waals surface area (Å²) in [7, 11) is 0. The summed E-state index contributed by atoms with van der Waals surface area (Å²) in [6, 6.07) is 8.99. The second-order valence-corrected chi connectivity index (χ2v) is 7.15. The molecule has 0 N–H and O–H groups in total. The van der Waals surface area contributed by atoms with Crippen LogP contribution >= 0.6 is 0 Å². The first-order valence-corrected chi connectivity index (χ1v) is 9.12. The fourth-order valence-corrected chi connectivity index (χ4v) is 4.12. The van der Waals surface area contributed by atoms with E-state index in [2.05, 4.69) is 65.0 Å². The van der Waals surface area contributed by atoms with Crippen molar-refractivity contribution in [2.75, 3.05) is 0 Å². The smallest absolute Gasteiger partial charge is 0.0534 e. The second-order valence-electron chi connectivity index (χ2n) is 7.15. The summed E-state index contributed by atoms with van der Waals surface area (Å²) in [6.07, 6.45) is 7.61. The number of allylic oxidation sites excluding steroid dienone is 6. The molecule has 0 heterocycles. The van der Waals surface area contributed by atoms with Crippen molar-refractivity contribution in [3.63, 3.8) is 0 Å². The van der Waals surface area contributed by atoms with E-state index in [1.807, 2.05) is 0 Å². The third-order valence-electron chi connectivity index (χ3n) is 5.86. The summed E-state index contributed by atoms with van der Waals surface area (Å²) in [5.74, 6) is 2.03. The molecule has 0 saturated carbocycles. The van der Waals surface area contributed by atoms with Crippen LogP contribution in [0.5, 0.6) is 0 Å². The van der Waals surface area contributed by atoms with E-state index in [1.165, 1.54) is 59.4 Å². The molecule has 0 aliphatic heterocycles. The van der Waals surface area contributed by atoms with Crippen molar-refractivity contribution in [1.82, 2.24) is 0 Å². The lowest BCUT2D eigenvalue weighted by molar-refractivity contribution is 0.735. The number of fused-ring (bicyclic) bond motifs is 1. The average Bonchev–Trinajstić information content (AvgIpc) is 3.00. The molecule has 2 aliphatic carbocycles. The van der Waals surface area contributed by atoms with E-state index in [4.69, 9.17) is 0 Å². The molecular weight excluding hydrogens is 276 g/mol. The molecule has 0 amide bonds. The predicted molar refractivity (Wildman–Crippen MR) is 101 cm³/mol. The second kappa shape index (κ2) is 6.51. The van der Waals surface area contributed by atoms with Gasteiger partial charge in [-0.3, -0.25) is 0 Å². The largest absolute Gasteiger partial charge is 0.0654 e. The Hall–Kier alpha value is -1.56. The van der Waals surface area contributed by atoms with Crippen LogP contribution < -0.4 is 0 Å². The van der Waals surface area contributed by atoms with Crippen molar-refractivity contribution >= 4 is 5.57 Å². The molecule has 1 aromatic rings. The minimum atomic E-state index is 0.546. The highest BCUT2D eigenvalue weighted by Crippen LogP contribution is 2.49. The normalized spacial score (nSPS) is 21.3. The van der Waals surface area contributed by atoms with Gasteiger partial charge in [0.25, 0.3) is 0 Å². The number of unbranched alkanes of at least 4 members (excludes halogenated alkanes) is 2. The lowest BCUT2D eigenvalue weighted by atomic mass is 9.84. The van der Waals surface area contributed by atoms with E-state index < -0.39 is 0 Å². The number of rotatable bonds is 5. The Kier molecular flexibility index (Phi) is 4.62. The number of hydrogen-bond acceptors (Lipinski definition) is 0. The van der Waals surface area contributed by atoms with Gasteiger partial charge in [0.2, 0.25) is 0 Å². The van der Waals surface area contributed by atoms with Crippen LogP contribution in [0.25, 0.3) is 5.57 Å². The van der Waals surface area contributed by atoms with Crippen molar-refractivity contribution < 1.29 is 0 Å². The van der Waals surface area contributed by atoms with E-state index in [1.54, 1.807) is 11.1 Å². The fourth-order valence-electron chi connectivity index (χ4n) is 4.12. The fraction of sp³-hybridized carbons (Fsp3) is 0.435. The van der Waals surface area contributed by atoms with Gasteiger partial charge in [0.15, 0.2) is 0 Å². The van der Waals surface area contributed by atoms with Crippen molar-refractivity contribution in [3.8, 4) is 0 Å². The van der Waals surface area contributed by atoms with E-state index in [9.17, 15) is 0 Å². The maximum Gasteiger partial charge on any atom is 0.0534 e. The first-order chi connectivity index (χ1) is 11.1. The quantitative estimate of drug-likeness (QED) is 0.520. The van der Waals surface area contributed by atoms with Crippen LogP contribution in [0.1, 0.15) is 71.4 Å². The van der Waals surface area contributed by atoms with Crippen molar-refractivity contribution in [2.24, 2.45) is 5.92 Å². The summed E-state index contributed by atoms with van der Waals surface area (Å²) in [4.78, 5) is 0. The van der Waals surface area contributed by atoms with Crippen LogP contribution in [-0.4, -0.2) is 0 Å². The highest BCUT2D eigenvalue weighted by Gasteiger charge is 2.34. The molecule has 1 atom stereocenters. The summed E-state index contributed by atoms with van der Waals surface area (Å²) >= 11 is 0. The summed E-state index contributed by atoms with van der Waals surface area (Å²) in [5, 5.41) is 0. The zero-order valence-electron chi connectivity index (χ0n) is 15.3. The van der Waals surface area contributed by atoms with Gasteiger partial charge in [0.1, 0.15) is 0 Å². The van der Waals surface area contributed by atoms with Gasteiger partial charge in [-0.1, -0.05) is 62.6 Å². The van der Waals surface area contributed by atoms with Crippen LogP contribution in [0.15, 0.2) is 52.6 Å². The van der Waals surface area contributed by atoms with Crippen LogP contribution in [0.4, 0.5) is 0 Å². The zero-order chi connectivity index (χ0) is 16.6. The Bertz CT molecular complexity index is 697. The number of benzene rings is 1. The molecule has 0 aromatic heterocycles. The van der Waals surface area contributed by atoms with E-state index in [0.717, 1.165) is 0 Å². The van der Waals surface area contributed by atoms with E-state index >= 15 is 0 Å². The molecule has 121 valence electrons. The molecule has 23 heavy (non-hydrogen) atoms. The summed E-state index contributed by atoms with van der Waals surface area (Å²) in [5.41, 5.74) is 10.5. The van der Waals surface area contributed by atoms with E-state index in [0.29, 0.717) is 5.92 Å². The van der Waals surface area contributed by atoms with Gasteiger partial charge < -0.3 is 0 Å². The van der Waals surface area contributed by atoms with Gasteiger partial charge in [-0.25, -0.2) is 0 Å². The SMILES string of the molecule is CCCCCC1=C[C](C2=C(C)C(C)=C(C)C2C)c2ccccc21. The van der Waals surface area contributed by atoms with Crippen LogP contribution in [0.3, 0.4) is 0 Å². The minimum Gasteiger partial charge on any atom is -0.0654 e. The van der Waals surface area contributed by atoms with Crippen molar-refractivity contribution in [3.05, 3.63) is 69.7 Å². The maximum atomic E-state index is 2.49. The maximum absolute atomic E-state index is 2.49. The Morgan fingerprint density at radius 3 is 2.22 bits per heavy atom. The first kappa shape index (κ1) is 16.3. The van der Waals surface area contributed by atoms with Gasteiger partial charge in [-0.2, -0.15) is 0 Å². The highest BCUT2D eigenvalue weighted by molar-refractivity contribution is 5.83. The van der Waals surface area contributed by atoms with Crippen LogP contribution in [0, 0.1) is 11.8 Å². The van der Waals surface area contributed by atoms with Crippen molar-refractivity contribution in [2.45, 2.75) is 60.3 Å². The zero-order valence-corrected chi connectivity index (χ0v) is 15.3. The topological polar surface area (TPSA) is 0 Å². The minimum absolute atomic E-state index is 0.546. The molecule has 0 spiro atoms.